The zero-order valence-electron chi connectivity index (χ0n) is 10.3. The van der Waals surface area contributed by atoms with Gasteiger partial charge in [0.15, 0.2) is 0 Å². The molecule has 1 aromatic rings. The minimum Gasteiger partial charge on any atom is -0.465 e. The largest absolute Gasteiger partial charge is 0.465 e. The molecular formula is C12H15F2NO4. The van der Waals surface area contributed by atoms with Gasteiger partial charge in [-0.05, 0) is 13.0 Å². The third-order valence-electron chi connectivity index (χ3n) is 2.35. The first-order chi connectivity index (χ1) is 8.97. The Morgan fingerprint density at radius 1 is 1.42 bits per heavy atom. The lowest BCUT2D eigenvalue weighted by molar-refractivity contribution is -0.147. The van der Waals surface area contributed by atoms with Gasteiger partial charge >= 0.3 is 12.6 Å². The molecule has 2 unspecified atom stereocenters. The van der Waals surface area contributed by atoms with Crippen molar-refractivity contribution in [1.29, 1.82) is 0 Å². The quantitative estimate of drug-likeness (QED) is 0.763. The normalized spacial score (nSPS) is 14.0. The van der Waals surface area contributed by atoms with E-state index in [0.717, 1.165) is 0 Å². The molecule has 0 aliphatic heterocycles. The molecule has 0 amide bonds. The van der Waals surface area contributed by atoms with Crippen LogP contribution in [0.5, 0.6) is 5.75 Å². The van der Waals surface area contributed by atoms with Crippen molar-refractivity contribution in [2.75, 3.05) is 6.61 Å². The molecule has 0 saturated carbocycles. The van der Waals surface area contributed by atoms with E-state index in [1.165, 1.54) is 24.3 Å². The van der Waals surface area contributed by atoms with Gasteiger partial charge in [0.1, 0.15) is 17.9 Å². The Balaban J connectivity index is 2.92. The highest BCUT2D eigenvalue weighted by molar-refractivity contribution is 5.76. The van der Waals surface area contributed by atoms with Gasteiger partial charge in [-0.25, -0.2) is 0 Å². The molecule has 2 atom stereocenters. The zero-order valence-corrected chi connectivity index (χ0v) is 10.3. The van der Waals surface area contributed by atoms with Gasteiger partial charge in [-0.3, -0.25) is 4.79 Å². The molecule has 5 nitrogen and oxygen atoms in total. The fourth-order valence-corrected chi connectivity index (χ4v) is 1.49. The van der Waals surface area contributed by atoms with Crippen molar-refractivity contribution >= 4 is 5.97 Å². The summed E-state index contributed by atoms with van der Waals surface area (Å²) in [6, 6.07) is 4.20. The number of rotatable bonds is 6. The van der Waals surface area contributed by atoms with E-state index >= 15 is 0 Å². The van der Waals surface area contributed by atoms with Gasteiger partial charge in [-0.2, -0.15) is 8.78 Å². The average Bonchev–Trinajstić information content (AvgIpc) is 2.37. The predicted molar refractivity (Wildman–Crippen MR) is 62.6 cm³/mol. The van der Waals surface area contributed by atoms with E-state index in [2.05, 4.69) is 9.47 Å². The van der Waals surface area contributed by atoms with E-state index in [4.69, 9.17) is 5.73 Å². The summed E-state index contributed by atoms with van der Waals surface area (Å²) in [5, 5.41) is 9.93. The summed E-state index contributed by atoms with van der Waals surface area (Å²) in [6.07, 6.45) is -1.49. The lowest BCUT2D eigenvalue weighted by atomic mass is 10.0. The summed E-state index contributed by atoms with van der Waals surface area (Å²) in [5.41, 5.74) is 5.51. The monoisotopic (exact) mass is 275 g/mol. The highest BCUT2D eigenvalue weighted by Gasteiger charge is 2.28. The molecule has 1 rings (SSSR count). The lowest BCUT2D eigenvalue weighted by Gasteiger charge is -2.20. The molecule has 0 aliphatic carbocycles. The summed E-state index contributed by atoms with van der Waals surface area (Å²) in [5.74, 6) is -1.05. The van der Waals surface area contributed by atoms with Crippen LogP contribution in [0.15, 0.2) is 24.3 Å². The molecule has 0 radical (unpaired) electrons. The zero-order chi connectivity index (χ0) is 14.4. The average molecular weight is 275 g/mol. The van der Waals surface area contributed by atoms with E-state index in [1.807, 2.05) is 0 Å². The van der Waals surface area contributed by atoms with Crippen molar-refractivity contribution < 1.29 is 28.2 Å². The van der Waals surface area contributed by atoms with E-state index in [-0.39, 0.29) is 17.9 Å². The van der Waals surface area contributed by atoms with Crippen LogP contribution in [0.25, 0.3) is 0 Å². The van der Waals surface area contributed by atoms with Crippen molar-refractivity contribution in [3.8, 4) is 5.75 Å². The Labute approximate surface area is 108 Å². The van der Waals surface area contributed by atoms with Crippen LogP contribution in [-0.4, -0.2) is 30.3 Å². The number of nitrogens with two attached hydrogens (primary N) is 1. The number of para-hydroxylation sites is 1. The van der Waals surface area contributed by atoms with Gasteiger partial charge in [-0.15, -0.1) is 0 Å². The van der Waals surface area contributed by atoms with Gasteiger partial charge in [-0.1, -0.05) is 18.2 Å². The molecule has 0 bridgehead atoms. The van der Waals surface area contributed by atoms with Crippen LogP contribution in [0.4, 0.5) is 8.78 Å². The van der Waals surface area contributed by atoms with Crippen LogP contribution in [0, 0.1) is 0 Å². The number of hydrogen-bond acceptors (Lipinski definition) is 5. The van der Waals surface area contributed by atoms with Crippen LogP contribution < -0.4 is 10.5 Å². The first-order valence-corrected chi connectivity index (χ1v) is 5.61. The number of aliphatic hydroxyl groups excluding tert-OH is 1. The highest BCUT2D eigenvalue weighted by Crippen LogP contribution is 2.28. The number of alkyl halides is 2. The maximum atomic E-state index is 12.2. The van der Waals surface area contributed by atoms with Crippen molar-refractivity contribution in [2.24, 2.45) is 5.73 Å². The fraction of sp³-hybridized carbons (Fsp3) is 0.417. The van der Waals surface area contributed by atoms with Gasteiger partial charge in [0.25, 0.3) is 0 Å². The van der Waals surface area contributed by atoms with Crippen LogP contribution >= 0.6 is 0 Å². The number of ether oxygens (including phenoxy) is 2. The fourth-order valence-electron chi connectivity index (χ4n) is 1.49. The van der Waals surface area contributed by atoms with E-state index < -0.39 is 24.7 Å². The summed E-state index contributed by atoms with van der Waals surface area (Å²) in [6.45, 7) is -1.34. The van der Waals surface area contributed by atoms with Crippen LogP contribution in [-0.2, 0) is 9.53 Å². The van der Waals surface area contributed by atoms with Gasteiger partial charge in [0, 0.05) is 5.56 Å². The SMILES string of the molecule is CCOC(=O)C(N)C(O)c1ccccc1OC(F)F. The maximum absolute atomic E-state index is 12.2. The Kier molecular flexibility index (Phi) is 5.65. The van der Waals surface area contributed by atoms with Crippen LogP contribution in [0.2, 0.25) is 0 Å². The highest BCUT2D eigenvalue weighted by atomic mass is 19.3. The maximum Gasteiger partial charge on any atom is 0.387 e. The number of aliphatic hydroxyl groups is 1. The first-order valence-electron chi connectivity index (χ1n) is 5.61. The number of hydrogen-bond donors (Lipinski definition) is 2. The second-order valence-electron chi connectivity index (χ2n) is 3.64. The third-order valence-corrected chi connectivity index (χ3v) is 2.35. The van der Waals surface area contributed by atoms with Crippen molar-refractivity contribution in [1.82, 2.24) is 0 Å². The Bertz CT molecular complexity index is 428. The minimum atomic E-state index is -3.04. The summed E-state index contributed by atoms with van der Waals surface area (Å²) < 4.78 is 33.3. The van der Waals surface area contributed by atoms with E-state index in [9.17, 15) is 18.7 Å². The van der Waals surface area contributed by atoms with Crippen LogP contribution in [0.1, 0.15) is 18.6 Å². The van der Waals surface area contributed by atoms with Crippen molar-refractivity contribution in [3.63, 3.8) is 0 Å². The van der Waals surface area contributed by atoms with E-state index in [1.54, 1.807) is 6.92 Å². The molecule has 0 saturated heterocycles. The number of esters is 1. The molecule has 0 heterocycles. The summed E-state index contributed by atoms with van der Waals surface area (Å²) in [7, 11) is 0. The molecule has 1 aromatic carbocycles. The smallest absolute Gasteiger partial charge is 0.387 e. The molecule has 0 fully saturated rings. The standard InChI is InChI=1S/C12H15F2NO4/c1-2-18-11(17)9(15)10(16)7-5-3-4-6-8(7)19-12(13)14/h3-6,9-10,12,16H,2,15H2,1H3. The Morgan fingerprint density at radius 2 is 2.05 bits per heavy atom. The van der Waals surface area contributed by atoms with Crippen LogP contribution in [0.3, 0.4) is 0 Å². The summed E-state index contributed by atoms with van der Waals surface area (Å²) in [4.78, 5) is 11.4. The number of benzene rings is 1. The topological polar surface area (TPSA) is 81.8 Å². The second kappa shape index (κ2) is 7.01. The molecule has 0 aromatic heterocycles. The molecule has 0 spiro atoms. The van der Waals surface area contributed by atoms with E-state index in [0.29, 0.717) is 0 Å². The number of carbonyl (C=O) groups is 1. The lowest BCUT2D eigenvalue weighted by Crippen LogP contribution is -2.38. The minimum absolute atomic E-state index is 0.00310. The van der Waals surface area contributed by atoms with Gasteiger partial charge < -0.3 is 20.3 Å². The molecular weight excluding hydrogens is 260 g/mol. The second-order valence-corrected chi connectivity index (χ2v) is 3.64. The van der Waals surface area contributed by atoms with Crippen molar-refractivity contribution in [3.05, 3.63) is 29.8 Å². The Hall–Kier alpha value is -1.73. The van der Waals surface area contributed by atoms with Gasteiger partial charge in [0.2, 0.25) is 0 Å². The first kappa shape index (κ1) is 15.3. The van der Waals surface area contributed by atoms with Gasteiger partial charge in [0.05, 0.1) is 6.61 Å². The number of carbonyl (C=O) groups excluding carboxylic acids is 1. The Morgan fingerprint density at radius 3 is 2.63 bits per heavy atom. The third kappa shape index (κ3) is 4.15. The molecule has 0 aliphatic rings. The molecule has 19 heavy (non-hydrogen) atoms. The number of halogens is 2. The van der Waals surface area contributed by atoms with Crippen molar-refractivity contribution in [2.45, 2.75) is 25.7 Å². The summed E-state index contributed by atoms with van der Waals surface area (Å²) >= 11 is 0. The molecule has 3 N–H and O–H groups in total. The predicted octanol–water partition coefficient (Wildman–Crippen LogP) is 1.21. The molecule has 7 heteroatoms. The molecule has 106 valence electrons.